The molecular weight excluding hydrogens is 542 g/mol. The van der Waals surface area contributed by atoms with Gasteiger partial charge in [0.25, 0.3) is 0 Å². The number of aromatic nitrogens is 5. The number of aliphatic hydroxyl groups is 1. The predicted molar refractivity (Wildman–Crippen MR) is 144 cm³/mol. The summed E-state index contributed by atoms with van der Waals surface area (Å²) in [4.78, 5) is 9.59. The summed E-state index contributed by atoms with van der Waals surface area (Å²) in [6.07, 6.45) is 1.54. The Hall–Kier alpha value is -2.45. The van der Waals surface area contributed by atoms with Crippen LogP contribution in [-0.4, -0.2) is 79.7 Å². The number of benzene rings is 1. The number of halogens is 2. The van der Waals surface area contributed by atoms with E-state index in [9.17, 15) is 13.9 Å². The number of ether oxygens (including phenoxy) is 3. The first-order valence-corrected chi connectivity index (χ1v) is 14.8. The summed E-state index contributed by atoms with van der Waals surface area (Å²) in [5, 5.41) is 22.3. The number of hydrogen-bond donors (Lipinski definition) is 2. The van der Waals surface area contributed by atoms with Gasteiger partial charge in [0.2, 0.25) is 0 Å². The smallest absolute Gasteiger partial charge is 0.191 e. The first kappa shape index (κ1) is 27.7. The Kier molecular flexibility index (Phi) is 7.68. The summed E-state index contributed by atoms with van der Waals surface area (Å²) < 4.78 is 47.3. The maximum atomic E-state index is 13.7. The molecule has 0 radical (unpaired) electrons. The van der Waals surface area contributed by atoms with Crippen molar-refractivity contribution in [3.05, 3.63) is 35.4 Å². The number of nitrogens with one attached hydrogen (secondary N) is 1. The molecule has 10 nitrogen and oxygen atoms in total. The second-order valence-electron chi connectivity index (χ2n) is 11.1. The molecule has 2 aromatic heterocycles. The summed E-state index contributed by atoms with van der Waals surface area (Å²) in [7, 11) is 0. The molecule has 3 fully saturated rings. The number of nitrogens with zero attached hydrogens (tertiary/aromatic N) is 5. The highest BCUT2D eigenvalue weighted by atomic mass is 32.2. The number of rotatable bonds is 11. The minimum absolute atomic E-state index is 0.0761. The Morgan fingerprint density at radius 3 is 2.77 bits per heavy atom. The lowest BCUT2D eigenvalue weighted by Gasteiger charge is -2.23. The van der Waals surface area contributed by atoms with Crippen molar-refractivity contribution in [1.82, 2.24) is 25.0 Å². The minimum Gasteiger partial charge on any atom is -0.394 e. The van der Waals surface area contributed by atoms with Crippen molar-refractivity contribution in [2.45, 2.75) is 81.2 Å². The highest BCUT2D eigenvalue weighted by Gasteiger charge is 2.56. The van der Waals surface area contributed by atoms with E-state index in [0.717, 1.165) is 24.2 Å². The van der Waals surface area contributed by atoms with Crippen LogP contribution >= 0.6 is 11.8 Å². The average molecular weight is 577 g/mol. The van der Waals surface area contributed by atoms with Crippen molar-refractivity contribution >= 4 is 28.7 Å². The summed E-state index contributed by atoms with van der Waals surface area (Å²) >= 11 is 1.57. The van der Waals surface area contributed by atoms with E-state index in [2.05, 4.69) is 22.6 Å². The van der Waals surface area contributed by atoms with E-state index in [1.54, 1.807) is 22.5 Å². The summed E-state index contributed by atoms with van der Waals surface area (Å²) in [6, 6.07) is 3.90. The Morgan fingerprint density at radius 1 is 1.18 bits per heavy atom. The molecular formula is C27H34F2N6O4S. The lowest BCUT2D eigenvalue weighted by Crippen LogP contribution is -2.31. The van der Waals surface area contributed by atoms with Gasteiger partial charge in [0, 0.05) is 18.7 Å². The number of fused-ring (bicyclic) bond motifs is 2. The van der Waals surface area contributed by atoms with Crippen molar-refractivity contribution in [3.63, 3.8) is 0 Å². The largest absolute Gasteiger partial charge is 0.394 e. The normalized spacial score (nSPS) is 28.8. The second-order valence-corrected chi connectivity index (χ2v) is 12.1. The summed E-state index contributed by atoms with van der Waals surface area (Å²) in [6.45, 7) is 6.60. The van der Waals surface area contributed by atoms with E-state index in [1.807, 2.05) is 13.8 Å². The fourth-order valence-corrected chi connectivity index (χ4v) is 6.47. The molecule has 6 rings (SSSR count). The van der Waals surface area contributed by atoms with E-state index >= 15 is 0 Å². The molecule has 3 aliphatic rings. The van der Waals surface area contributed by atoms with Crippen LogP contribution in [0.15, 0.2) is 23.4 Å². The fourth-order valence-electron chi connectivity index (χ4n) is 5.78. The van der Waals surface area contributed by atoms with Gasteiger partial charge in [-0.2, -0.15) is 0 Å². The predicted octanol–water partition coefficient (Wildman–Crippen LogP) is 4.06. The number of anilines is 1. The maximum Gasteiger partial charge on any atom is 0.191 e. The zero-order chi connectivity index (χ0) is 28.0. The van der Waals surface area contributed by atoms with Gasteiger partial charge in [-0.25, -0.2) is 23.4 Å². The van der Waals surface area contributed by atoms with Crippen molar-refractivity contribution in [2.24, 2.45) is 5.92 Å². The van der Waals surface area contributed by atoms with E-state index in [0.29, 0.717) is 35.1 Å². The summed E-state index contributed by atoms with van der Waals surface area (Å²) in [5.41, 5.74) is 1.96. The lowest BCUT2D eigenvalue weighted by atomic mass is 10.1. The average Bonchev–Trinajstić information content (AvgIpc) is 3.31. The van der Waals surface area contributed by atoms with E-state index in [1.165, 1.54) is 12.1 Å². The van der Waals surface area contributed by atoms with Crippen LogP contribution in [0, 0.1) is 17.6 Å². The zero-order valence-corrected chi connectivity index (χ0v) is 23.5. The summed E-state index contributed by atoms with van der Waals surface area (Å²) in [5.74, 6) is -0.534. The van der Waals surface area contributed by atoms with Crippen molar-refractivity contribution in [1.29, 1.82) is 0 Å². The molecule has 6 atom stereocenters. The van der Waals surface area contributed by atoms with Gasteiger partial charge in [0.1, 0.15) is 12.2 Å². The molecule has 13 heteroatoms. The number of hydrogen-bond acceptors (Lipinski definition) is 10. The lowest BCUT2D eigenvalue weighted by molar-refractivity contribution is -0.171. The van der Waals surface area contributed by atoms with Crippen LogP contribution in [0.2, 0.25) is 0 Å². The monoisotopic (exact) mass is 576 g/mol. The number of aliphatic hydroxyl groups excluding tert-OH is 1. The first-order chi connectivity index (χ1) is 19.3. The fraction of sp³-hybridized carbons (Fsp3) is 0.630. The Bertz CT molecular complexity index is 1380. The minimum atomic E-state index is -0.833. The van der Waals surface area contributed by atoms with Crippen LogP contribution in [-0.2, 0) is 14.2 Å². The Balaban J connectivity index is 1.26. The van der Waals surface area contributed by atoms with Gasteiger partial charge in [-0.05, 0) is 56.2 Å². The SMILES string of the molecule is CCCSc1nc(NCC2CC2c2ccc(F)c(F)c2)c2nnn(C3CC(OCCO)C4OC(C)(C)OC43)c2n1. The topological polar surface area (TPSA) is 116 Å². The molecule has 1 aliphatic heterocycles. The molecule has 0 spiro atoms. The maximum absolute atomic E-state index is 13.7. The first-order valence-electron chi connectivity index (χ1n) is 13.8. The molecule has 1 saturated heterocycles. The van der Waals surface area contributed by atoms with Gasteiger partial charge in [-0.1, -0.05) is 30.0 Å². The van der Waals surface area contributed by atoms with Crippen molar-refractivity contribution in [3.8, 4) is 0 Å². The Labute approximate surface area is 235 Å². The molecule has 2 aliphatic carbocycles. The highest BCUT2D eigenvalue weighted by molar-refractivity contribution is 7.99. The van der Waals surface area contributed by atoms with Crippen LogP contribution in [0.25, 0.3) is 11.2 Å². The van der Waals surface area contributed by atoms with Crippen LogP contribution in [0.1, 0.15) is 57.6 Å². The van der Waals surface area contributed by atoms with Crippen LogP contribution in [0.4, 0.5) is 14.6 Å². The van der Waals surface area contributed by atoms with Gasteiger partial charge in [0.15, 0.2) is 39.6 Å². The van der Waals surface area contributed by atoms with Gasteiger partial charge in [-0.3, -0.25) is 0 Å². The van der Waals surface area contributed by atoms with Gasteiger partial charge in [-0.15, -0.1) is 5.10 Å². The third kappa shape index (κ3) is 5.41. The third-order valence-corrected chi connectivity index (χ3v) is 8.74. The van der Waals surface area contributed by atoms with Crippen LogP contribution in [0.5, 0.6) is 0 Å². The van der Waals surface area contributed by atoms with E-state index < -0.39 is 17.4 Å². The molecule has 0 amide bonds. The van der Waals surface area contributed by atoms with Crippen molar-refractivity contribution < 1.29 is 28.1 Å². The Morgan fingerprint density at radius 2 is 2.00 bits per heavy atom. The molecule has 216 valence electrons. The molecule has 3 aromatic rings. The van der Waals surface area contributed by atoms with E-state index in [4.69, 9.17) is 24.2 Å². The van der Waals surface area contributed by atoms with Crippen LogP contribution in [0.3, 0.4) is 0 Å². The number of thioether (sulfide) groups is 1. The molecule has 2 N–H and O–H groups in total. The molecule has 40 heavy (non-hydrogen) atoms. The standard InChI is InChI=1S/C27H34F2N6O4S/c1-4-9-40-26-31-24(30-13-15-10-16(15)14-5-6-17(28)18(29)11-14)21-25(32-26)35(34-33-21)19-12-20(37-8-7-36)23-22(19)38-27(2,3)39-23/h5-6,11,15-16,19-20,22-23,36H,4,7-10,12-13H2,1-3H3,(H,30,31,32). The van der Waals surface area contributed by atoms with E-state index in [-0.39, 0.29) is 49.4 Å². The molecule has 2 saturated carbocycles. The molecule has 6 unspecified atom stereocenters. The molecule has 1 aromatic carbocycles. The zero-order valence-electron chi connectivity index (χ0n) is 22.7. The second kappa shape index (κ2) is 11.1. The highest BCUT2D eigenvalue weighted by Crippen LogP contribution is 2.48. The van der Waals surface area contributed by atoms with Crippen LogP contribution < -0.4 is 5.32 Å². The third-order valence-electron chi connectivity index (χ3n) is 7.68. The molecule has 0 bridgehead atoms. The quantitative estimate of drug-likeness (QED) is 0.256. The van der Waals surface area contributed by atoms with Gasteiger partial charge in [0.05, 0.1) is 25.4 Å². The van der Waals surface area contributed by atoms with Gasteiger partial charge >= 0.3 is 0 Å². The van der Waals surface area contributed by atoms with Crippen molar-refractivity contribution in [2.75, 3.05) is 30.8 Å². The van der Waals surface area contributed by atoms with Gasteiger partial charge < -0.3 is 24.6 Å². The molecule has 3 heterocycles.